The molecule has 0 bridgehead atoms. The van der Waals surface area contributed by atoms with Crippen LogP contribution in [0.2, 0.25) is 0 Å². The molecule has 2 unspecified atom stereocenters. The van der Waals surface area contributed by atoms with E-state index < -0.39 is 11.2 Å². The molecule has 4 aromatic rings. The Bertz CT molecular complexity index is 1400. The number of anilines is 1. The molecule has 6 nitrogen and oxygen atoms in total. The second kappa shape index (κ2) is 13.3. The van der Waals surface area contributed by atoms with E-state index >= 15 is 0 Å². The molecular formula is C36H41BrN4O2. The molecule has 0 amide bonds. The molecule has 3 N–H and O–H groups in total. The molecule has 224 valence electrons. The third-order valence-electron chi connectivity index (χ3n) is 9.68. The van der Waals surface area contributed by atoms with Gasteiger partial charge in [-0.15, -0.1) is 0 Å². The predicted octanol–water partition coefficient (Wildman–Crippen LogP) is 6.16. The highest BCUT2D eigenvalue weighted by molar-refractivity contribution is 9.10. The van der Waals surface area contributed by atoms with Gasteiger partial charge in [0.1, 0.15) is 10.4 Å². The van der Waals surface area contributed by atoms with Gasteiger partial charge in [-0.05, 0) is 114 Å². The Labute approximate surface area is 263 Å². The number of hydrogen-bond acceptors (Lipinski definition) is 6. The number of nitrogens with zero attached hydrogens (tertiary/aromatic N) is 3. The molecular weight excluding hydrogens is 600 g/mol. The fourth-order valence-electron chi connectivity index (χ4n) is 7.61. The van der Waals surface area contributed by atoms with E-state index in [1.807, 2.05) is 72.9 Å². The average molecular weight is 642 g/mol. The van der Waals surface area contributed by atoms with Crippen LogP contribution >= 0.6 is 15.9 Å². The molecule has 0 spiro atoms. The van der Waals surface area contributed by atoms with Gasteiger partial charge in [0.25, 0.3) is 0 Å². The van der Waals surface area contributed by atoms with Crippen LogP contribution in [0.4, 0.5) is 5.82 Å². The van der Waals surface area contributed by atoms with Crippen molar-refractivity contribution in [1.82, 2.24) is 15.3 Å². The van der Waals surface area contributed by atoms with Gasteiger partial charge in [0.15, 0.2) is 0 Å². The van der Waals surface area contributed by atoms with Crippen molar-refractivity contribution in [2.75, 3.05) is 31.1 Å². The van der Waals surface area contributed by atoms with Crippen molar-refractivity contribution in [3.63, 3.8) is 0 Å². The van der Waals surface area contributed by atoms with Crippen LogP contribution in [0.25, 0.3) is 0 Å². The van der Waals surface area contributed by atoms with Gasteiger partial charge in [0.2, 0.25) is 0 Å². The lowest BCUT2D eigenvalue weighted by Crippen LogP contribution is -2.28. The average Bonchev–Trinajstić information content (AvgIpc) is 3.79. The highest BCUT2D eigenvalue weighted by Crippen LogP contribution is 2.49. The van der Waals surface area contributed by atoms with E-state index in [0.717, 1.165) is 73.4 Å². The second-order valence-electron chi connectivity index (χ2n) is 12.6. The molecule has 2 aromatic heterocycles. The van der Waals surface area contributed by atoms with Crippen molar-refractivity contribution in [3.8, 4) is 0 Å². The molecule has 6 atom stereocenters. The van der Waals surface area contributed by atoms with Gasteiger partial charge in [-0.2, -0.15) is 0 Å². The molecule has 2 aromatic carbocycles. The van der Waals surface area contributed by atoms with Crippen LogP contribution in [0.15, 0.2) is 114 Å². The van der Waals surface area contributed by atoms with Crippen LogP contribution in [-0.2, 0) is 11.2 Å². The summed E-state index contributed by atoms with van der Waals surface area (Å²) in [6.07, 6.45) is 7.17. The normalized spacial score (nSPS) is 30.4. The lowest BCUT2D eigenvalue weighted by molar-refractivity contribution is 0.0356. The fourth-order valence-corrected chi connectivity index (χ4v) is 7.88. The lowest BCUT2D eigenvalue weighted by atomic mass is 9.90. The molecule has 4 fully saturated rings. The summed E-state index contributed by atoms with van der Waals surface area (Å²) in [7, 11) is 0. The molecule has 2 aliphatic heterocycles. The third kappa shape index (κ3) is 7.01. The van der Waals surface area contributed by atoms with Crippen LogP contribution in [-0.4, -0.2) is 46.4 Å². The van der Waals surface area contributed by atoms with E-state index in [-0.39, 0.29) is 0 Å². The molecule has 7 heteroatoms. The summed E-state index contributed by atoms with van der Waals surface area (Å²) in [5.41, 5.74) is 0.981. The summed E-state index contributed by atoms with van der Waals surface area (Å²) in [6, 6.07) is 32.0. The minimum Gasteiger partial charge on any atom is -0.385 e. The number of rotatable bonds is 3. The summed E-state index contributed by atoms with van der Waals surface area (Å²) in [5.74, 6) is 3.55. The Hall–Kier alpha value is -3.10. The Morgan fingerprint density at radius 2 is 1.07 bits per heavy atom. The predicted molar refractivity (Wildman–Crippen MR) is 174 cm³/mol. The summed E-state index contributed by atoms with van der Waals surface area (Å²) >= 11 is 3.20. The van der Waals surface area contributed by atoms with Gasteiger partial charge in [-0.3, -0.25) is 0 Å². The second-order valence-corrected chi connectivity index (χ2v) is 13.4. The van der Waals surface area contributed by atoms with Crippen molar-refractivity contribution < 1.29 is 10.2 Å². The van der Waals surface area contributed by atoms with E-state index in [2.05, 4.69) is 66.4 Å². The molecule has 2 aliphatic carbocycles. The first kappa shape index (κ1) is 29.9. The van der Waals surface area contributed by atoms with Crippen molar-refractivity contribution in [2.24, 2.45) is 23.7 Å². The number of aliphatic hydroxyl groups is 2. The van der Waals surface area contributed by atoms with Gasteiger partial charge < -0.3 is 20.4 Å². The Kier molecular flexibility index (Phi) is 9.24. The van der Waals surface area contributed by atoms with Gasteiger partial charge in [-0.1, -0.05) is 72.8 Å². The molecule has 8 rings (SSSR count). The summed E-state index contributed by atoms with van der Waals surface area (Å²) in [4.78, 5) is 10.7. The maximum Gasteiger partial charge on any atom is 0.128 e. The highest BCUT2D eigenvalue weighted by Gasteiger charge is 2.49. The Balaban J connectivity index is 0.000000130. The van der Waals surface area contributed by atoms with Gasteiger partial charge in [0, 0.05) is 25.5 Å². The van der Waals surface area contributed by atoms with Crippen molar-refractivity contribution in [1.29, 1.82) is 0 Å². The largest absolute Gasteiger partial charge is 0.385 e. The fraction of sp³-hybridized carbons (Fsp3) is 0.389. The molecule has 0 radical (unpaired) electrons. The molecule has 4 aliphatic rings. The Morgan fingerprint density at radius 1 is 0.605 bits per heavy atom. The molecule has 2 saturated heterocycles. The van der Waals surface area contributed by atoms with Crippen LogP contribution < -0.4 is 10.2 Å². The smallest absolute Gasteiger partial charge is 0.128 e. The van der Waals surface area contributed by atoms with Crippen LogP contribution in [0, 0.1) is 23.7 Å². The first-order valence-electron chi connectivity index (χ1n) is 15.4. The maximum atomic E-state index is 11.0. The van der Waals surface area contributed by atoms with E-state index in [1.165, 1.54) is 0 Å². The summed E-state index contributed by atoms with van der Waals surface area (Å²) < 4.78 is 0.884. The summed E-state index contributed by atoms with van der Waals surface area (Å²) in [6.45, 7) is 4.19. The van der Waals surface area contributed by atoms with E-state index in [1.54, 1.807) is 6.20 Å². The number of halogens is 1. The van der Waals surface area contributed by atoms with Gasteiger partial charge in [-0.25, -0.2) is 9.97 Å². The SMILES string of the molecule is Brc1ccccn1.OC1(c2ccccc2)C[C@H]2CN(c3ccccn3)C[C@H]2C1.OC1(c2ccccc2)C[C@H]2CNC[C@H]2C1. The topological polar surface area (TPSA) is 81.5 Å². The van der Waals surface area contributed by atoms with Crippen LogP contribution in [0.3, 0.4) is 0 Å². The lowest BCUT2D eigenvalue weighted by Gasteiger charge is -2.26. The number of aromatic nitrogens is 2. The van der Waals surface area contributed by atoms with Gasteiger partial charge >= 0.3 is 0 Å². The van der Waals surface area contributed by atoms with E-state index in [0.29, 0.717) is 23.7 Å². The van der Waals surface area contributed by atoms with Crippen molar-refractivity contribution in [2.45, 2.75) is 36.9 Å². The number of pyridine rings is 2. The summed E-state index contributed by atoms with van der Waals surface area (Å²) in [5, 5.41) is 25.0. The van der Waals surface area contributed by atoms with Crippen LogP contribution in [0.1, 0.15) is 36.8 Å². The molecule has 4 heterocycles. The van der Waals surface area contributed by atoms with Crippen molar-refractivity contribution in [3.05, 3.63) is 125 Å². The number of hydrogen-bond donors (Lipinski definition) is 3. The monoisotopic (exact) mass is 640 g/mol. The first-order valence-corrected chi connectivity index (χ1v) is 16.2. The zero-order valence-electron chi connectivity index (χ0n) is 24.5. The van der Waals surface area contributed by atoms with Crippen molar-refractivity contribution >= 4 is 21.7 Å². The van der Waals surface area contributed by atoms with E-state index in [9.17, 15) is 10.2 Å². The minimum absolute atomic E-state index is 0.557. The number of benzene rings is 2. The molecule has 43 heavy (non-hydrogen) atoms. The van der Waals surface area contributed by atoms with Gasteiger partial charge in [0.05, 0.1) is 11.2 Å². The zero-order chi connectivity index (χ0) is 29.7. The Morgan fingerprint density at radius 3 is 1.49 bits per heavy atom. The zero-order valence-corrected chi connectivity index (χ0v) is 26.1. The highest BCUT2D eigenvalue weighted by atomic mass is 79.9. The van der Waals surface area contributed by atoms with Crippen LogP contribution in [0.5, 0.6) is 0 Å². The third-order valence-corrected chi connectivity index (χ3v) is 10.1. The molecule has 2 saturated carbocycles. The quantitative estimate of drug-likeness (QED) is 0.233. The van der Waals surface area contributed by atoms with E-state index in [4.69, 9.17) is 0 Å². The minimum atomic E-state index is -0.632. The number of nitrogens with one attached hydrogen (secondary N) is 1. The standard InChI is InChI=1S/C18H20N2O.C13H17NO.C5H4BrN/c21-18(16-6-2-1-3-7-16)10-14-12-20(13-15(14)11-18)17-8-4-5-9-19-17;15-13(12-4-2-1-3-5-12)6-10-8-14-9-11(10)7-13;6-5-3-1-2-4-7-5/h1-9,14-15,21H,10-13H2;1-5,10-11,14-15H,6-9H2;1-4H/t14-,15+,18?;10-,11+,13?;. The number of fused-ring (bicyclic) bond motifs is 2. The maximum absolute atomic E-state index is 11.0. The first-order chi connectivity index (χ1) is 20.9.